The van der Waals surface area contributed by atoms with Gasteiger partial charge in [-0.2, -0.15) is 0 Å². The van der Waals surface area contributed by atoms with E-state index in [9.17, 15) is 9.18 Å². The molecule has 0 radical (unpaired) electrons. The van der Waals surface area contributed by atoms with E-state index in [0.29, 0.717) is 32.2 Å². The normalized spacial score (nSPS) is 10.6. The van der Waals surface area contributed by atoms with Crippen molar-refractivity contribution in [1.29, 1.82) is 0 Å². The molecule has 4 nitrogen and oxygen atoms in total. The van der Waals surface area contributed by atoms with E-state index in [4.69, 9.17) is 23.2 Å². The van der Waals surface area contributed by atoms with Crippen LogP contribution in [0.2, 0.25) is 10.0 Å². The van der Waals surface area contributed by atoms with E-state index >= 15 is 0 Å². The summed E-state index contributed by atoms with van der Waals surface area (Å²) in [5, 5.41) is 12.8. The Bertz CT molecular complexity index is 883. The van der Waals surface area contributed by atoms with Crippen LogP contribution in [0.25, 0.3) is 0 Å². The largest absolute Gasteiger partial charge is 0.296 e. The smallest absolute Gasteiger partial charge is 0.257 e. The number of carbonyl (C=O) groups excluding carboxylic acids is 1. The Morgan fingerprint density at radius 1 is 1.12 bits per heavy atom. The zero-order valence-electron chi connectivity index (χ0n) is 12.1. The fourth-order valence-corrected chi connectivity index (χ4v) is 3.21. The van der Waals surface area contributed by atoms with Crippen molar-refractivity contribution in [2.75, 3.05) is 5.32 Å². The summed E-state index contributed by atoms with van der Waals surface area (Å²) >= 11 is 13.3. The molecule has 0 aliphatic rings. The van der Waals surface area contributed by atoms with Gasteiger partial charge in [-0.15, -0.1) is 10.2 Å². The van der Waals surface area contributed by atoms with E-state index in [1.165, 1.54) is 35.6 Å². The van der Waals surface area contributed by atoms with Crippen molar-refractivity contribution in [3.63, 3.8) is 0 Å². The predicted molar refractivity (Wildman–Crippen MR) is 93.5 cm³/mol. The molecule has 0 aliphatic carbocycles. The molecule has 0 atom stereocenters. The molecule has 0 aliphatic heterocycles. The van der Waals surface area contributed by atoms with Crippen LogP contribution in [0, 0.1) is 5.82 Å². The highest BCUT2D eigenvalue weighted by Crippen LogP contribution is 2.25. The summed E-state index contributed by atoms with van der Waals surface area (Å²) in [6.07, 6.45) is 0.486. The van der Waals surface area contributed by atoms with E-state index in [1.54, 1.807) is 12.1 Å². The highest BCUT2D eigenvalue weighted by atomic mass is 35.5. The maximum atomic E-state index is 12.9. The second kappa shape index (κ2) is 7.25. The standard InChI is InChI=1S/C16H10Cl2FN3OS/c17-11-4-1-10(13(18)8-11)7-14-21-22-16(24-14)20-15(23)9-2-5-12(19)6-3-9/h1-6,8H,7H2,(H,20,22,23). The maximum absolute atomic E-state index is 12.9. The van der Waals surface area contributed by atoms with E-state index < -0.39 is 5.82 Å². The lowest BCUT2D eigenvalue weighted by Gasteiger charge is -2.02. The molecule has 3 rings (SSSR count). The zero-order chi connectivity index (χ0) is 17.1. The van der Waals surface area contributed by atoms with Gasteiger partial charge in [0.1, 0.15) is 10.8 Å². The number of halogens is 3. The van der Waals surface area contributed by atoms with Crippen molar-refractivity contribution in [1.82, 2.24) is 10.2 Å². The second-order valence-electron chi connectivity index (χ2n) is 4.87. The van der Waals surface area contributed by atoms with Crippen molar-refractivity contribution in [2.24, 2.45) is 0 Å². The Balaban J connectivity index is 1.69. The number of aromatic nitrogens is 2. The van der Waals surface area contributed by atoms with Crippen molar-refractivity contribution < 1.29 is 9.18 Å². The molecule has 1 heterocycles. The van der Waals surface area contributed by atoms with Crippen LogP contribution >= 0.6 is 34.5 Å². The molecule has 24 heavy (non-hydrogen) atoms. The van der Waals surface area contributed by atoms with E-state index in [0.717, 1.165) is 5.56 Å². The Labute approximate surface area is 151 Å². The van der Waals surface area contributed by atoms with Crippen LogP contribution in [-0.4, -0.2) is 16.1 Å². The number of hydrogen-bond acceptors (Lipinski definition) is 4. The highest BCUT2D eigenvalue weighted by Gasteiger charge is 2.12. The third-order valence-corrected chi connectivity index (χ3v) is 4.58. The minimum Gasteiger partial charge on any atom is -0.296 e. The lowest BCUT2D eigenvalue weighted by atomic mass is 10.2. The maximum Gasteiger partial charge on any atom is 0.257 e. The summed E-state index contributed by atoms with van der Waals surface area (Å²) in [6, 6.07) is 10.5. The van der Waals surface area contributed by atoms with Crippen LogP contribution in [0.15, 0.2) is 42.5 Å². The van der Waals surface area contributed by atoms with E-state index in [1.807, 2.05) is 6.07 Å². The van der Waals surface area contributed by atoms with Crippen molar-refractivity contribution >= 4 is 45.6 Å². The lowest BCUT2D eigenvalue weighted by molar-refractivity contribution is 0.102. The van der Waals surface area contributed by atoms with Gasteiger partial charge in [0.2, 0.25) is 5.13 Å². The topological polar surface area (TPSA) is 54.9 Å². The summed E-state index contributed by atoms with van der Waals surface area (Å²) in [7, 11) is 0. The van der Waals surface area contributed by atoms with Gasteiger partial charge < -0.3 is 0 Å². The predicted octanol–water partition coefficient (Wildman–Crippen LogP) is 4.83. The van der Waals surface area contributed by atoms with Crippen LogP contribution in [0.3, 0.4) is 0 Å². The van der Waals surface area contributed by atoms with Crippen LogP contribution in [0.1, 0.15) is 20.9 Å². The molecule has 0 spiro atoms. The molecule has 1 amide bonds. The van der Waals surface area contributed by atoms with Crippen molar-refractivity contribution in [2.45, 2.75) is 6.42 Å². The Morgan fingerprint density at radius 3 is 2.58 bits per heavy atom. The van der Waals surface area contributed by atoms with Gasteiger partial charge in [-0.3, -0.25) is 10.1 Å². The van der Waals surface area contributed by atoms with Gasteiger partial charge in [-0.05, 0) is 42.0 Å². The van der Waals surface area contributed by atoms with Crippen LogP contribution in [0.5, 0.6) is 0 Å². The molecular formula is C16H10Cl2FN3OS. The number of amides is 1. The monoisotopic (exact) mass is 381 g/mol. The number of anilines is 1. The summed E-state index contributed by atoms with van der Waals surface area (Å²) in [5.41, 5.74) is 1.21. The first-order valence-corrected chi connectivity index (χ1v) is 8.42. The molecule has 0 fully saturated rings. The van der Waals surface area contributed by atoms with Gasteiger partial charge >= 0.3 is 0 Å². The van der Waals surface area contributed by atoms with Crippen LogP contribution < -0.4 is 5.32 Å². The van der Waals surface area contributed by atoms with Gasteiger partial charge in [-0.1, -0.05) is 40.6 Å². The summed E-state index contributed by atoms with van der Waals surface area (Å²) in [4.78, 5) is 12.1. The molecule has 3 aromatic rings. The van der Waals surface area contributed by atoms with Gasteiger partial charge in [0.25, 0.3) is 5.91 Å². The molecule has 1 aromatic heterocycles. The molecule has 0 unspecified atom stereocenters. The zero-order valence-corrected chi connectivity index (χ0v) is 14.4. The molecule has 1 N–H and O–H groups in total. The number of rotatable bonds is 4. The van der Waals surface area contributed by atoms with Crippen molar-refractivity contribution in [3.8, 4) is 0 Å². The van der Waals surface area contributed by atoms with Crippen LogP contribution in [-0.2, 0) is 6.42 Å². The molecule has 0 saturated heterocycles. The number of carbonyl (C=O) groups is 1. The first kappa shape index (κ1) is 16.8. The molecule has 0 saturated carbocycles. The number of nitrogens with zero attached hydrogens (tertiary/aromatic N) is 2. The summed E-state index contributed by atoms with van der Waals surface area (Å²) < 4.78 is 12.9. The Hall–Kier alpha value is -2.02. The minimum atomic E-state index is -0.399. The molecule has 0 bridgehead atoms. The molecule has 8 heteroatoms. The molecule has 122 valence electrons. The van der Waals surface area contributed by atoms with Gasteiger partial charge in [-0.25, -0.2) is 4.39 Å². The second-order valence-corrected chi connectivity index (χ2v) is 6.78. The van der Waals surface area contributed by atoms with Gasteiger partial charge in [0.15, 0.2) is 0 Å². The van der Waals surface area contributed by atoms with Crippen molar-refractivity contribution in [3.05, 3.63) is 74.5 Å². The fraction of sp³-hybridized carbons (Fsp3) is 0.0625. The number of benzene rings is 2. The SMILES string of the molecule is O=C(Nc1nnc(Cc2ccc(Cl)cc2Cl)s1)c1ccc(F)cc1. The summed E-state index contributed by atoms with van der Waals surface area (Å²) in [6.45, 7) is 0. The highest BCUT2D eigenvalue weighted by molar-refractivity contribution is 7.15. The van der Waals surface area contributed by atoms with Gasteiger partial charge in [0, 0.05) is 22.0 Å². The van der Waals surface area contributed by atoms with E-state index in [2.05, 4.69) is 15.5 Å². The van der Waals surface area contributed by atoms with Gasteiger partial charge in [0.05, 0.1) is 0 Å². The molecule has 2 aromatic carbocycles. The molecular weight excluding hydrogens is 372 g/mol. The number of hydrogen-bond donors (Lipinski definition) is 1. The third kappa shape index (κ3) is 4.08. The summed E-state index contributed by atoms with van der Waals surface area (Å²) in [5.74, 6) is -0.771. The first-order valence-electron chi connectivity index (χ1n) is 6.84. The van der Waals surface area contributed by atoms with E-state index in [-0.39, 0.29) is 5.91 Å². The fourth-order valence-electron chi connectivity index (χ4n) is 1.97. The Kier molecular flexibility index (Phi) is 5.08. The number of nitrogens with one attached hydrogen (secondary N) is 1. The Morgan fingerprint density at radius 2 is 1.88 bits per heavy atom. The lowest BCUT2D eigenvalue weighted by Crippen LogP contribution is -2.11. The third-order valence-electron chi connectivity index (χ3n) is 3.15. The minimum absolute atomic E-state index is 0.342. The average molecular weight is 382 g/mol. The van der Waals surface area contributed by atoms with Crippen LogP contribution in [0.4, 0.5) is 9.52 Å². The first-order chi connectivity index (χ1) is 11.5. The quantitative estimate of drug-likeness (QED) is 0.704. The average Bonchev–Trinajstić information content (AvgIpc) is 2.98.